The molecule has 180 valence electrons. The third kappa shape index (κ3) is 4.96. The first-order valence-corrected chi connectivity index (χ1v) is 12.3. The second-order valence-electron chi connectivity index (χ2n) is 8.12. The van der Waals surface area contributed by atoms with E-state index in [1.54, 1.807) is 43.1 Å². The summed E-state index contributed by atoms with van der Waals surface area (Å²) in [6.45, 7) is 1.81. The van der Waals surface area contributed by atoms with E-state index < -0.39 is 15.9 Å². The molecule has 0 atom stereocenters. The van der Waals surface area contributed by atoms with Gasteiger partial charge >= 0.3 is 0 Å². The summed E-state index contributed by atoms with van der Waals surface area (Å²) in [5.74, 6) is 0.289. The quantitative estimate of drug-likeness (QED) is 0.416. The van der Waals surface area contributed by atoms with Crippen molar-refractivity contribution in [3.8, 4) is 22.7 Å². The maximum atomic E-state index is 13.5. The molecule has 0 saturated heterocycles. The number of aromatic nitrogens is 2. The van der Waals surface area contributed by atoms with E-state index in [1.165, 1.54) is 26.2 Å². The minimum Gasteiger partial charge on any atom is -0.497 e. The van der Waals surface area contributed by atoms with Crippen LogP contribution in [0.25, 0.3) is 16.9 Å². The SMILES string of the molecule is COc1ccc(-c2nn(-c3ccccc3)cc2C(=O)Nc2cc(S(=O)(=O)N(C)C)ccc2C)cc1. The number of benzene rings is 3. The summed E-state index contributed by atoms with van der Waals surface area (Å²) in [5, 5.41) is 7.56. The van der Waals surface area contributed by atoms with E-state index in [1.807, 2.05) is 42.5 Å². The predicted octanol–water partition coefficient (Wildman–Crippen LogP) is 4.36. The number of hydrogen-bond donors (Lipinski definition) is 1. The third-order valence-corrected chi connectivity index (χ3v) is 7.39. The fourth-order valence-electron chi connectivity index (χ4n) is 3.51. The molecule has 1 aromatic heterocycles. The van der Waals surface area contributed by atoms with Crippen molar-refractivity contribution in [3.63, 3.8) is 0 Å². The van der Waals surface area contributed by atoms with Crippen molar-refractivity contribution in [1.29, 1.82) is 0 Å². The maximum Gasteiger partial charge on any atom is 0.259 e. The molecule has 0 aliphatic carbocycles. The molecule has 8 nitrogen and oxygen atoms in total. The van der Waals surface area contributed by atoms with Crippen LogP contribution in [0.5, 0.6) is 5.75 Å². The molecular weight excluding hydrogens is 464 g/mol. The fraction of sp³-hybridized carbons (Fsp3) is 0.154. The number of amides is 1. The topological polar surface area (TPSA) is 93.5 Å². The van der Waals surface area contributed by atoms with E-state index in [4.69, 9.17) is 4.74 Å². The molecule has 1 amide bonds. The number of sulfonamides is 1. The zero-order valence-corrected chi connectivity index (χ0v) is 20.7. The Morgan fingerprint density at radius 3 is 2.31 bits per heavy atom. The standard InChI is InChI=1S/C26H26N4O4S/c1-18-10-15-22(35(32,33)29(2)3)16-24(18)27-26(31)23-17-30(20-8-6-5-7-9-20)28-25(23)19-11-13-21(34-4)14-12-19/h5-17H,1-4H3,(H,27,31). The number of aryl methyl sites for hydroxylation is 1. The summed E-state index contributed by atoms with van der Waals surface area (Å²) in [6, 6.07) is 21.4. The van der Waals surface area contributed by atoms with Crippen LogP contribution in [0.1, 0.15) is 15.9 Å². The average molecular weight is 491 g/mol. The first-order valence-electron chi connectivity index (χ1n) is 10.8. The smallest absolute Gasteiger partial charge is 0.259 e. The number of carbonyl (C=O) groups excluding carboxylic acids is 1. The highest BCUT2D eigenvalue weighted by atomic mass is 32.2. The van der Waals surface area contributed by atoms with Gasteiger partial charge in [0.2, 0.25) is 10.0 Å². The van der Waals surface area contributed by atoms with Gasteiger partial charge in [0.15, 0.2) is 0 Å². The number of ether oxygens (including phenoxy) is 1. The van der Waals surface area contributed by atoms with Crippen LogP contribution >= 0.6 is 0 Å². The highest BCUT2D eigenvalue weighted by molar-refractivity contribution is 7.89. The molecule has 4 rings (SSSR count). The van der Waals surface area contributed by atoms with Crippen molar-refractivity contribution < 1.29 is 17.9 Å². The Balaban J connectivity index is 1.76. The highest BCUT2D eigenvalue weighted by Gasteiger charge is 2.22. The van der Waals surface area contributed by atoms with Gasteiger partial charge in [-0.25, -0.2) is 17.4 Å². The molecule has 1 N–H and O–H groups in total. The van der Waals surface area contributed by atoms with Gasteiger partial charge < -0.3 is 10.1 Å². The first kappa shape index (κ1) is 24.2. The molecular formula is C26H26N4O4S. The molecule has 35 heavy (non-hydrogen) atoms. The Morgan fingerprint density at radius 2 is 1.69 bits per heavy atom. The van der Waals surface area contributed by atoms with Crippen molar-refractivity contribution in [2.75, 3.05) is 26.5 Å². The van der Waals surface area contributed by atoms with Crippen LogP contribution in [0, 0.1) is 6.92 Å². The highest BCUT2D eigenvalue weighted by Crippen LogP contribution is 2.28. The summed E-state index contributed by atoms with van der Waals surface area (Å²) in [4.78, 5) is 13.6. The van der Waals surface area contributed by atoms with E-state index in [0.29, 0.717) is 22.7 Å². The van der Waals surface area contributed by atoms with Gasteiger partial charge in [0.05, 0.1) is 23.3 Å². The van der Waals surface area contributed by atoms with Crippen molar-refractivity contribution in [3.05, 3.63) is 90.1 Å². The van der Waals surface area contributed by atoms with Gasteiger partial charge in [-0.05, 0) is 61.0 Å². The largest absolute Gasteiger partial charge is 0.497 e. The molecule has 4 aromatic rings. The van der Waals surface area contributed by atoms with Gasteiger partial charge in [0, 0.05) is 31.5 Å². The Kier molecular flexibility index (Phi) is 6.72. The lowest BCUT2D eigenvalue weighted by atomic mass is 10.1. The normalized spacial score (nSPS) is 11.5. The van der Waals surface area contributed by atoms with Crippen LogP contribution in [0.2, 0.25) is 0 Å². The summed E-state index contributed by atoms with van der Waals surface area (Å²) in [5.41, 5.74) is 3.52. The summed E-state index contributed by atoms with van der Waals surface area (Å²) < 4.78 is 33.2. The Morgan fingerprint density at radius 1 is 1.00 bits per heavy atom. The van der Waals surface area contributed by atoms with Gasteiger partial charge in [-0.15, -0.1) is 0 Å². The van der Waals surface area contributed by atoms with Crippen LogP contribution in [0.4, 0.5) is 5.69 Å². The average Bonchev–Trinajstić information content (AvgIpc) is 3.31. The third-order valence-electron chi connectivity index (χ3n) is 5.58. The van der Waals surface area contributed by atoms with Crippen molar-refractivity contribution in [2.24, 2.45) is 0 Å². The van der Waals surface area contributed by atoms with E-state index in [-0.39, 0.29) is 4.90 Å². The van der Waals surface area contributed by atoms with E-state index in [2.05, 4.69) is 10.4 Å². The van der Waals surface area contributed by atoms with Gasteiger partial charge in [-0.2, -0.15) is 5.10 Å². The second kappa shape index (κ2) is 9.73. The molecule has 0 aliphatic heterocycles. The molecule has 0 aliphatic rings. The van der Waals surface area contributed by atoms with E-state index >= 15 is 0 Å². The zero-order valence-electron chi connectivity index (χ0n) is 19.9. The maximum absolute atomic E-state index is 13.5. The van der Waals surface area contributed by atoms with Crippen molar-refractivity contribution in [2.45, 2.75) is 11.8 Å². The number of nitrogens with zero attached hydrogens (tertiary/aromatic N) is 3. The minimum atomic E-state index is -3.65. The number of rotatable bonds is 7. The van der Waals surface area contributed by atoms with Crippen LogP contribution in [-0.4, -0.2) is 49.6 Å². The summed E-state index contributed by atoms with van der Waals surface area (Å²) in [7, 11) is 0.865. The summed E-state index contributed by atoms with van der Waals surface area (Å²) >= 11 is 0. The number of para-hydroxylation sites is 1. The molecule has 9 heteroatoms. The van der Waals surface area contributed by atoms with Gasteiger partial charge in [-0.1, -0.05) is 24.3 Å². The van der Waals surface area contributed by atoms with Crippen molar-refractivity contribution >= 4 is 21.6 Å². The number of anilines is 1. The number of hydrogen-bond acceptors (Lipinski definition) is 5. The first-order chi connectivity index (χ1) is 16.7. The molecule has 0 fully saturated rings. The number of nitrogens with one attached hydrogen (secondary N) is 1. The molecule has 0 saturated carbocycles. The van der Waals surface area contributed by atoms with E-state index in [0.717, 1.165) is 21.1 Å². The van der Waals surface area contributed by atoms with Crippen LogP contribution in [0.15, 0.2) is 83.9 Å². The van der Waals surface area contributed by atoms with Gasteiger partial charge in [-0.3, -0.25) is 4.79 Å². The van der Waals surface area contributed by atoms with E-state index in [9.17, 15) is 13.2 Å². The Bertz CT molecular complexity index is 1460. The monoisotopic (exact) mass is 490 g/mol. The molecule has 3 aromatic carbocycles. The molecule has 0 spiro atoms. The molecule has 0 bridgehead atoms. The molecule has 0 unspecified atom stereocenters. The summed E-state index contributed by atoms with van der Waals surface area (Å²) in [6.07, 6.45) is 1.67. The Hall–Kier alpha value is -3.95. The lowest BCUT2D eigenvalue weighted by Gasteiger charge is -2.14. The predicted molar refractivity (Wildman–Crippen MR) is 136 cm³/mol. The Labute approximate surface area is 204 Å². The molecule has 1 heterocycles. The van der Waals surface area contributed by atoms with Crippen LogP contribution < -0.4 is 10.1 Å². The van der Waals surface area contributed by atoms with Gasteiger partial charge in [0.25, 0.3) is 5.91 Å². The number of carbonyl (C=O) groups is 1. The van der Waals surface area contributed by atoms with Gasteiger partial charge in [0.1, 0.15) is 11.4 Å². The van der Waals surface area contributed by atoms with Crippen molar-refractivity contribution in [1.82, 2.24) is 14.1 Å². The minimum absolute atomic E-state index is 0.0961. The fourth-order valence-corrected chi connectivity index (χ4v) is 4.44. The number of methoxy groups -OCH3 is 1. The molecule has 0 radical (unpaired) electrons. The van der Waals surface area contributed by atoms with Crippen LogP contribution in [0.3, 0.4) is 0 Å². The lowest BCUT2D eigenvalue weighted by molar-refractivity contribution is 0.102. The van der Waals surface area contributed by atoms with Crippen LogP contribution in [-0.2, 0) is 10.0 Å². The lowest BCUT2D eigenvalue weighted by Crippen LogP contribution is -2.22. The second-order valence-corrected chi connectivity index (χ2v) is 10.3. The zero-order chi connectivity index (χ0) is 25.2.